The van der Waals surface area contributed by atoms with Crippen molar-refractivity contribution in [3.8, 4) is 0 Å². The van der Waals surface area contributed by atoms with Crippen LogP contribution in [0.15, 0.2) is 29.3 Å². The van der Waals surface area contributed by atoms with Crippen molar-refractivity contribution in [3.05, 3.63) is 62.0 Å². The Balaban J connectivity index is 1.77. The largest absolute Gasteiger partial charge is 0.453 e. The molecule has 146 valence electrons. The third-order valence-corrected chi connectivity index (χ3v) is 5.91. The second-order valence-electron chi connectivity index (χ2n) is 6.96. The molecular weight excluding hydrogens is 376 g/mol. The number of carbonyl (C=O) groups is 2. The van der Waals surface area contributed by atoms with Gasteiger partial charge in [0.05, 0.1) is 11.7 Å². The standard InChI is InChI=1S/C21H22N2O4S/c1-11-6-7-12(2)16(8-11)19(25)14(4)27-17(24)9-23-10-22-20-18(21(23)26)13(3)15(5)28-20/h6-8,10,14H,9H2,1-5H3/t14-/m1/s1. The van der Waals surface area contributed by atoms with E-state index < -0.39 is 12.1 Å². The number of rotatable bonds is 5. The molecule has 2 aromatic heterocycles. The first-order chi connectivity index (χ1) is 13.2. The Morgan fingerprint density at radius 2 is 1.93 bits per heavy atom. The minimum Gasteiger partial charge on any atom is -0.453 e. The number of nitrogens with zero attached hydrogens (tertiary/aromatic N) is 2. The highest BCUT2D eigenvalue weighted by Crippen LogP contribution is 2.25. The average molecular weight is 398 g/mol. The molecule has 0 spiro atoms. The summed E-state index contributed by atoms with van der Waals surface area (Å²) in [5, 5.41) is 0.525. The van der Waals surface area contributed by atoms with E-state index >= 15 is 0 Å². The number of esters is 1. The van der Waals surface area contributed by atoms with Crippen LogP contribution >= 0.6 is 11.3 Å². The van der Waals surface area contributed by atoms with Crippen molar-refractivity contribution in [2.45, 2.75) is 47.3 Å². The number of aromatic nitrogens is 2. The zero-order valence-corrected chi connectivity index (χ0v) is 17.3. The van der Waals surface area contributed by atoms with Crippen LogP contribution in [0.5, 0.6) is 0 Å². The van der Waals surface area contributed by atoms with Gasteiger partial charge in [0.1, 0.15) is 11.4 Å². The number of ketones is 1. The monoisotopic (exact) mass is 398 g/mol. The maximum atomic E-state index is 12.7. The Bertz CT molecular complexity index is 1140. The molecule has 0 aliphatic rings. The molecule has 0 radical (unpaired) electrons. The van der Waals surface area contributed by atoms with Crippen molar-refractivity contribution in [2.75, 3.05) is 0 Å². The van der Waals surface area contributed by atoms with E-state index in [1.807, 2.05) is 39.8 Å². The van der Waals surface area contributed by atoms with Gasteiger partial charge in [-0.05, 0) is 51.8 Å². The van der Waals surface area contributed by atoms with Gasteiger partial charge in [0.25, 0.3) is 5.56 Å². The highest BCUT2D eigenvalue weighted by molar-refractivity contribution is 7.18. The molecule has 1 atom stereocenters. The lowest BCUT2D eigenvalue weighted by Crippen LogP contribution is -2.30. The fraction of sp³-hybridized carbons (Fsp3) is 0.333. The van der Waals surface area contributed by atoms with Crippen molar-refractivity contribution in [1.29, 1.82) is 0 Å². The van der Waals surface area contributed by atoms with E-state index in [1.165, 1.54) is 22.2 Å². The maximum absolute atomic E-state index is 12.7. The van der Waals surface area contributed by atoms with E-state index in [0.29, 0.717) is 15.8 Å². The molecule has 28 heavy (non-hydrogen) atoms. The number of Topliss-reactive ketones (excluding diaryl/α,β-unsaturated/α-hetero) is 1. The van der Waals surface area contributed by atoms with Gasteiger partial charge in [-0.15, -0.1) is 11.3 Å². The van der Waals surface area contributed by atoms with Crippen molar-refractivity contribution in [1.82, 2.24) is 9.55 Å². The molecule has 0 aliphatic heterocycles. The molecule has 3 rings (SSSR count). The maximum Gasteiger partial charge on any atom is 0.326 e. The predicted molar refractivity (Wildman–Crippen MR) is 109 cm³/mol. The molecule has 3 aromatic rings. The molecule has 7 heteroatoms. The summed E-state index contributed by atoms with van der Waals surface area (Å²) < 4.78 is 6.52. The quantitative estimate of drug-likeness (QED) is 0.485. The van der Waals surface area contributed by atoms with Crippen molar-refractivity contribution < 1.29 is 14.3 Å². The molecule has 0 saturated heterocycles. The van der Waals surface area contributed by atoms with Crippen LogP contribution in [0, 0.1) is 27.7 Å². The third kappa shape index (κ3) is 3.75. The summed E-state index contributed by atoms with van der Waals surface area (Å²) in [6, 6.07) is 5.57. The number of aryl methyl sites for hydroxylation is 4. The zero-order chi connectivity index (χ0) is 20.6. The first kappa shape index (κ1) is 19.9. The fourth-order valence-electron chi connectivity index (χ4n) is 3.03. The van der Waals surface area contributed by atoms with Gasteiger partial charge >= 0.3 is 5.97 Å². The SMILES string of the molecule is Cc1ccc(C)c(C(=O)[C@@H](C)OC(=O)Cn2cnc3sc(C)c(C)c3c2=O)c1. The van der Waals surface area contributed by atoms with Gasteiger partial charge in [0.2, 0.25) is 5.78 Å². The van der Waals surface area contributed by atoms with Gasteiger partial charge in [-0.1, -0.05) is 17.7 Å². The van der Waals surface area contributed by atoms with Gasteiger partial charge in [0, 0.05) is 10.4 Å². The van der Waals surface area contributed by atoms with E-state index in [-0.39, 0.29) is 17.9 Å². The summed E-state index contributed by atoms with van der Waals surface area (Å²) in [6.07, 6.45) is 0.406. The Kier molecular flexibility index (Phi) is 5.47. The number of thiophene rings is 1. The summed E-state index contributed by atoms with van der Waals surface area (Å²) in [5.41, 5.74) is 2.91. The number of ether oxygens (including phenoxy) is 1. The molecule has 0 saturated carbocycles. The molecule has 0 aliphatic carbocycles. The van der Waals surface area contributed by atoms with E-state index in [2.05, 4.69) is 4.98 Å². The Morgan fingerprint density at radius 3 is 2.64 bits per heavy atom. The summed E-state index contributed by atoms with van der Waals surface area (Å²) in [6.45, 7) is 8.79. The first-order valence-electron chi connectivity index (χ1n) is 8.95. The average Bonchev–Trinajstić information content (AvgIpc) is 2.93. The number of fused-ring (bicyclic) bond motifs is 1. The topological polar surface area (TPSA) is 78.3 Å². The third-order valence-electron chi connectivity index (χ3n) is 4.79. The number of benzene rings is 1. The predicted octanol–water partition coefficient (Wildman–Crippen LogP) is 3.51. The van der Waals surface area contributed by atoms with Crippen LogP contribution in [-0.4, -0.2) is 27.4 Å². The summed E-state index contributed by atoms with van der Waals surface area (Å²) in [4.78, 5) is 43.6. The van der Waals surface area contributed by atoms with Crippen LogP contribution in [0.3, 0.4) is 0 Å². The number of carbonyl (C=O) groups excluding carboxylic acids is 2. The van der Waals surface area contributed by atoms with Crippen LogP contribution in [0.4, 0.5) is 0 Å². The molecule has 2 heterocycles. The van der Waals surface area contributed by atoms with Crippen LogP contribution < -0.4 is 5.56 Å². The number of hydrogen-bond acceptors (Lipinski definition) is 6. The number of hydrogen-bond donors (Lipinski definition) is 0. The van der Waals surface area contributed by atoms with Gasteiger partial charge < -0.3 is 4.74 Å². The minimum atomic E-state index is -0.939. The second kappa shape index (κ2) is 7.67. The van der Waals surface area contributed by atoms with E-state index in [9.17, 15) is 14.4 Å². The lowest BCUT2D eigenvalue weighted by atomic mass is 9.99. The van der Waals surface area contributed by atoms with Crippen LogP contribution in [0.2, 0.25) is 0 Å². The first-order valence-corrected chi connectivity index (χ1v) is 9.76. The molecule has 0 unspecified atom stereocenters. The van der Waals surface area contributed by atoms with Gasteiger partial charge in [-0.25, -0.2) is 4.98 Å². The van der Waals surface area contributed by atoms with Crippen molar-refractivity contribution >= 4 is 33.3 Å². The summed E-state index contributed by atoms with van der Waals surface area (Å²) in [7, 11) is 0. The summed E-state index contributed by atoms with van der Waals surface area (Å²) >= 11 is 1.45. The van der Waals surface area contributed by atoms with Gasteiger partial charge in [0.15, 0.2) is 6.10 Å². The normalized spacial score (nSPS) is 12.2. The molecular formula is C21H22N2O4S. The van der Waals surface area contributed by atoms with Crippen molar-refractivity contribution in [2.24, 2.45) is 0 Å². The van der Waals surface area contributed by atoms with E-state index in [4.69, 9.17) is 4.74 Å². The molecule has 1 aromatic carbocycles. The molecule has 6 nitrogen and oxygen atoms in total. The molecule has 0 bridgehead atoms. The smallest absolute Gasteiger partial charge is 0.326 e. The molecule has 0 fully saturated rings. The van der Waals surface area contributed by atoms with Crippen LogP contribution in [0.25, 0.3) is 10.2 Å². The Morgan fingerprint density at radius 1 is 1.21 bits per heavy atom. The molecule has 0 N–H and O–H groups in total. The van der Waals surface area contributed by atoms with Crippen LogP contribution in [-0.2, 0) is 16.1 Å². The molecule has 0 amide bonds. The Hall–Kier alpha value is -2.80. The minimum absolute atomic E-state index is 0.264. The lowest BCUT2D eigenvalue weighted by molar-refractivity contribution is -0.147. The zero-order valence-electron chi connectivity index (χ0n) is 16.5. The van der Waals surface area contributed by atoms with Crippen LogP contribution in [0.1, 0.15) is 38.8 Å². The summed E-state index contributed by atoms with van der Waals surface area (Å²) in [5.74, 6) is -0.918. The second-order valence-corrected chi connectivity index (χ2v) is 8.16. The van der Waals surface area contributed by atoms with Gasteiger partial charge in [-0.3, -0.25) is 19.0 Å². The highest BCUT2D eigenvalue weighted by atomic mass is 32.1. The van der Waals surface area contributed by atoms with E-state index in [1.54, 1.807) is 13.0 Å². The lowest BCUT2D eigenvalue weighted by Gasteiger charge is -2.14. The van der Waals surface area contributed by atoms with Gasteiger partial charge in [-0.2, -0.15) is 0 Å². The highest BCUT2D eigenvalue weighted by Gasteiger charge is 2.22. The fourth-order valence-corrected chi connectivity index (χ4v) is 4.02. The Labute approximate surface area is 166 Å². The van der Waals surface area contributed by atoms with E-state index in [0.717, 1.165) is 21.6 Å². The van der Waals surface area contributed by atoms with Crippen molar-refractivity contribution in [3.63, 3.8) is 0 Å².